The van der Waals surface area contributed by atoms with Crippen molar-refractivity contribution in [2.24, 2.45) is 17.8 Å². The molecule has 17 heavy (non-hydrogen) atoms. The molecule has 2 atom stereocenters. The molecule has 3 rings (SSSR count). The monoisotopic (exact) mass is 236 g/mol. The summed E-state index contributed by atoms with van der Waals surface area (Å²) in [7, 11) is 0. The summed E-state index contributed by atoms with van der Waals surface area (Å²) in [5.41, 5.74) is 0. The second-order valence-electron chi connectivity index (χ2n) is 5.98. The lowest BCUT2D eigenvalue weighted by Crippen LogP contribution is -2.47. The van der Waals surface area contributed by atoms with E-state index in [0.29, 0.717) is 11.8 Å². The van der Waals surface area contributed by atoms with Crippen molar-refractivity contribution in [1.29, 1.82) is 0 Å². The molecule has 2 aliphatic carbocycles. The van der Waals surface area contributed by atoms with Gasteiger partial charge in [0.25, 0.3) is 0 Å². The van der Waals surface area contributed by atoms with Gasteiger partial charge in [0.05, 0.1) is 0 Å². The Hall–Kier alpha value is -0.570. The van der Waals surface area contributed by atoms with Crippen LogP contribution >= 0.6 is 0 Å². The minimum atomic E-state index is 0.399. The van der Waals surface area contributed by atoms with Crippen molar-refractivity contribution in [3.8, 4) is 0 Å². The molecule has 1 amide bonds. The Bertz CT molecular complexity index is 280. The Morgan fingerprint density at radius 2 is 1.76 bits per heavy atom. The van der Waals surface area contributed by atoms with E-state index >= 15 is 0 Å². The number of piperazine rings is 1. The number of hydrogen-bond acceptors (Lipinski definition) is 2. The fraction of sp³-hybridized carbons (Fsp3) is 0.929. The lowest BCUT2D eigenvalue weighted by atomic mass is 9.85. The Kier molecular flexibility index (Phi) is 3.37. The van der Waals surface area contributed by atoms with Gasteiger partial charge in [-0.2, -0.15) is 0 Å². The van der Waals surface area contributed by atoms with Gasteiger partial charge in [0.1, 0.15) is 0 Å². The second-order valence-corrected chi connectivity index (χ2v) is 5.98. The van der Waals surface area contributed by atoms with E-state index in [1.54, 1.807) is 0 Å². The number of nitrogens with one attached hydrogen (secondary N) is 1. The highest BCUT2D eigenvalue weighted by Crippen LogP contribution is 2.50. The number of carbonyl (C=O) groups excluding carboxylic acids is 1. The molecule has 2 saturated carbocycles. The van der Waals surface area contributed by atoms with Crippen LogP contribution in [0.15, 0.2) is 0 Å². The third kappa shape index (κ3) is 2.49. The Morgan fingerprint density at radius 1 is 1.06 bits per heavy atom. The van der Waals surface area contributed by atoms with Crippen molar-refractivity contribution < 1.29 is 4.79 Å². The van der Waals surface area contributed by atoms with E-state index in [4.69, 9.17) is 0 Å². The van der Waals surface area contributed by atoms with Crippen molar-refractivity contribution in [2.45, 2.75) is 38.5 Å². The molecule has 0 aromatic carbocycles. The van der Waals surface area contributed by atoms with Gasteiger partial charge in [-0.1, -0.05) is 32.1 Å². The molecule has 0 aromatic heterocycles. The SMILES string of the molecule is O=C(C1CC1C1CCCCC1)N1CCNCC1. The Balaban J connectivity index is 1.51. The van der Waals surface area contributed by atoms with Gasteiger partial charge in [-0.05, 0) is 18.3 Å². The molecule has 3 fully saturated rings. The van der Waals surface area contributed by atoms with Gasteiger partial charge in [0, 0.05) is 32.1 Å². The van der Waals surface area contributed by atoms with Crippen molar-refractivity contribution in [3.63, 3.8) is 0 Å². The van der Waals surface area contributed by atoms with Gasteiger partial charge >= 0.3 is 0 Å². The molecule has 3 heteroatoms. The highest BCUT2D eigenvalue weighted by molar-refractivity contribution is 5.81. The maximum Gasteiger partial charge on any atom is 0.226 e. The largest absolute Gasteiger partial charge is 0.340 e. The van der Waals surface area contributed by atoms with Gasteiger partial charge in [0.2, 0.25) is 5.91 Å². The molecule has 0 aromatic rings. The summed E-state index contributed by atoms with van der Waals surface area (Å²) >= 11 is 0. The van der Waals surface area contributed by atoms with Crippen LogP contribution in [0.25, 0.3) is 0 Å². The maximum absolute atomic E-state index is 12.3. The molecule has 1 N–H and O–H groups in total. The van der Waals surface area contributed by atoms with E-state index in [1.807, 2.05) is 0 Å². The van der Waals surface area contributed by atoms with Gasteiger partial charge in [-0.15, -0.1) is 0 Å². The molecule has 96 valence electrons. The van der Waals surface area contributed by atoms with Crippen LogP contribution < -0.4 is 5.32 Å². The second kappa shape index (κ2) is 4.97. The lowest BCUT2D eigenvalue weighted by molar-refractivity contribution is -0.133. The van der Waals surface area contributed by atoms with E-state index in [0.717, 1.165) is 38.0 Å². The lowest BCUT2D eigenvalue weighted by Gasteiger charge is -2.28. The first-order valence-corrected chi connectivity index (χ1v) is 7.36. The maximum atomic E-state index is 12.3. The fourth-order valence-corrected chi connectivity index (χ4v) is 3.70. The molecule has 3 aliphatic rings. The van der Waals surface area contributed by atoms with E-state index in [9.17, 15) is 4.79 Å². The highest BCUT2D eigenvalue weighted by atomic mass is 16.2. The summed E-state index contributed by atoms with van der Waals surface area (Å²) in [6, 6.07) is 0. The summed E-state index contributed by atoms with van der Waals surface area (Å²) in [4.78, 5) is 14.4. The predicted molar refractivity (Wildman–Crippen MR) is 67.6 cm³/mol. The minimum absolute atomic E-state index is 0.399. The topological polar surface area (TPSA) is 32.3 Å². The minimum Gasteiger partial charge on any atom is -0.340 e. The number of carbonyl (C=O) groups is 1. The van der Waals surface area contributed by atoms with E-state index in [-0.39, 0.29) is 0 Å². The van der Waals surface area contributed by atoms with Gasteiger partial charge in [-0.3, -0.25) is 4.79 Å². The first kappa shape index (κ1) is 11.5. The number of nitrogens with zero attached hydrogens (tertiary/aromatic N) is 1. The first-order valence-electron chi connectivity index (χ1n) is 7.36. The molecular weight excluding hydrogens is 212 g/mol. The average molecular weight is 236 g/mol. The first-order chi connectivity index (χ1) is 8.36. The van der Waals surface area contributed by atoms with Crippen LogP contribution in [0.2, 0.25) is 0 Å². The summed E-state index contributed by atoms with van der Waals surface area (Å²) < 4.78 is 0. The molecule has 1 heterocycles. The third-order valence-electron chi connectivity index (χ3n) is 4.84. The van der Waals surface area contributed by atoms with Crippen LogP contribution in [0.1, 0.15) is 38.5 Å². The molecule has 0 spiro atoms. The van der Waals surface area contributed by atoms with Crippen LogP contribution in [0.4, 0.5) is 0 Å². The van der Waals surface area contributed by atoms with Crippen molar-refractivity contribution in [2.75, 3.05) is 26.2 Å². The van der Waals surface area contributed by atoms with E-state index in [2.05, 4.69) is 10.2 Å². The normalized spacial score (nSPS) is 34.7. The summed E-state index contributed by atoms with van der Waals surface area (Å²) in [6.45, 7) is 3.80. The Morgan fingerprint density at radius 3 is 2.47 bits per heavy atom. The van der Waals surface area contributed by atoms with Crippen molar-refractivity contribution in [1.82, 2.24) is 10.2 Å². The van der Waals surface area contributed by atoms with Gasteiger partial charge in [0.15, 0.2) is 0 Å². The van der Waals surface area contributed by atoms with Crippen molar-refractivity contribution >= 4 is 5.91 Å². The molecule has 3 nitrogen and oxygen atoms in total. The zero-order valence-electron chi connectivity index (χ0n) is 10.7. The molecule has 0 bridgehead atoms. The summed E-state index contributed by atoms with van der Waals surface area (Å²) in [6.07, 6.45) is 8.17. The summed E-state index contributed by atoms with van der Waals surface area (Å²) in [5, 5.41) is 3.31. The molecule has 1 aliphatic heterocycles. The molecule has 1 saturated heterocycles. The molecule has 2 unspecified atom stereocenters. The third-order valence-corrected chi connectivity index (χ3v) is 4.84. The van der Waals surface area contributed by atoms with Crippen LogP contribution in [0.3, 0.4) is 0 Å². The smallest absolute Gasteiger partial charge is 0.226 e. The van der Waals surface area contributed by atoms with Gasteiger partial charge in [-0.25, -0.2) is 0 Å². The van der Waals surface area contributed by atoms with Crippen LogP contribution in [0, 0.1) is 17.8 Å². The molecule has 0 radical (unpaired) electrons. The number of amides is 1. The zero-order chi connectivity index (χ0) is 11.7. The Labute approximate surface area is 104 Å². The highest BCUT2D eigenvalue weighted by Gasteiger charge is 2.48. The fourth-order valence-electron chi connectivity index (χ4n) is 3.70. The van der Waals surface area contributed by atoms with Gasteiger partial charge < -0.3 is 10.2 Å². The van der Waals surface area contributed by atoms with Crippen LogP contribution in [-0.4, -0.2) is 37.0 Å². The number of hydrogen-bond donors (Lipinski definition) is 1. The van der Waals surface area contributed by atoms with Crippen LogP contribution in [-0.2, 0) is 4.79 Å². The average Bonchev–Trinajstić information content (AvgIpc) is 3.20. The number of rotatable bonds is 2. The van der Waals surface area contributed by atoms with E-state index in [1.165, 1.54) is 38.5 Å². The zero-order valence-corrected chi connectivity index (χ0v) is 10.7. The van der Waals surface area contributed by atoms with Crippen molar-refractivity contribution in [3.05, 3.63) is 0 Å². The van der Waals surface area contributed by atoms with Crippen LogP contribution in [0.5, 0.6) is 0 Å². The predicted octanol–water partition coefficient (Wildman–Crippen LogP) is 1.63. The van der Waals surface area contributed by atoms with E-state index < -0.39 is 0 Å². The quantitative estimate of drug-likeness (QED) is 0.790. The molecular formula is C14H24N2O. The standard InChI is InChI=1S/C14H24N2O/c17-14(16-8-6-15-7-9-16)13-10-12(13)11-4-2-1-3-5-11/h11-13,15H,1-10H2. The summed E-state index contributed by atoms with van der Waals surface area (Å²) in [5.74, 6) is 2.48.